The lowest BCUT2D eigenvalue weighted by atomic mass is 9.49. The Labute approximate surface area is 120 Å². The largest absolute Gasteiger partial charge is 0.316 e. The van der Waals surface area contributed by atoms with Gasteiger partial charge in [0.15, 0.2) is 0 Å². The highest BCUT2D eigenvalue weighted by molar-refractivity contribution is 7.12. The molecule has 4 bridgehead atoms. The third-order valence-electron chi connectivity index (χ3n) is 5.95. The molecular formula is C17H25NS. The van der Waals surface area contributed by atoms with Gasteiger partial charge in [-0.1, -0.05) is 0 Å². The van der Waals surface area contributed by atoms with Gasteiger partial charge in [0, 0.05) is 21.7 Å². The van der Waals surface area contributed by atoms with Crippen molar-refractivity contribution in [1.82, 2.24) is 5.32 Å². The summed E-state index contributed by atoms with van der Waals surface area (Å²) >= 11 is 2.10. The van der Waals surface area contributed by atoms with E-state index in [-0.39, 0.29) is 0 Å². The number of thiophene rings is 1. The minimum absolute atomic E-state index is 0.593. The van der Waals surface area contributed by atoms with E-state index in [1.807, 2.05) is 0 Å². The van der Waals surface area contributed by atoms with Crippen LogP contribution in [-0.4, -0.2) is 7.05 Å². The van der Waals surface area contributed by atoms with Gasteiger partial charge in [-0.3, -0.25) is 0 Å². The summed E-state index contributed by atoms with van der Waals surface area (Å²) in [5, 5.41) is 3.32. The summed E-state index contributed by atoms with van der Waals surface area (Å²) in [6.07, 6.45) is 9.14. The summed E-state index contributed by atoms with van der Waals surface area (Å²) in [6, 6.07) is 2.55. The quantitative estimate of drug-likeness (QED) is 0.870. The van der Waals surface area contributed by atoms with Gasteiger partial charge < -0.3 is 5.32 Å². The molecule has 104 valence electrons. The number of nitrogens with one attached hydrogen (secondary N) is 1. The highest BCUT2D eigenvalue weighted by Gasteiger charge is 2.52. The van der Waals surface area contributed by atoms with Gasteiger partial charge in [-0.2, -0.15) is 0 Å². The van der Waals surface area contributed by atoms with Crippen LogP contribution in [0.2, 0.25) is 0 Å². The zero-order chi connectivity index (χ0) is 13.0. The summed E-state index contributed by atoms with van der Waals surface area (Å²) in [5.74, 6) is 3.17. The maximum absolute atomic E-state index is 3.32. The van der Waals surface area contributed by atoms with E-state index in [0.29, 0.717) is 5.41 Å². The summed E-state index contributed by atoms with van der Waals surface area (Å²) in [7, 11) is 2.06. The lowest BCUT2D eigenvalue weighted by molar-refractivity contribution is -0.00349. The van der Waals surface area contributed by atoms with E-state index in [4.69, 9.17) is 0 Å². The number of aryl methyl sites for hydroxylation is 1. The Hall–Kier alpha value is -0.340. The first-order valence-electron chi connectivity index (χ1n) is 7.93. The van der Waals surface area contributed by atoms with Crippen molar-refractivity contribution in [3.63, 3.8) is 0 Å². The van der Waals surface area contributed by atoms with Crippen LogP contribution >= 0.6 is 11.3 Å². The third-order valence-corrected chi connectivity index (χ3v) is 7.29. The molecule has 4 fully saturated rings. The van der Waals surface area contributed by atoms with E-state index < -0.39 is 0 Å². The van der Waals surface area contributed by atoms with Gasteiger partial charge in [-0.15, -0.1) is 11.3 Å². The molecule has 0 aromatic carbocycles. The molecule has 1 aromatic rings. The summed E-state index contributed by atoms with van der Waals surface area (Å²) in [5.41, 5.74) is 2.13. The maximum Gasteiger partial charge on any atom is 0.0213 e. The summed E-state index contributed by atoms with van der Waals surface area (Å²) in [6.45, 7) is 3.34. The molecule has 4 aliphatic rings. The molecule has 0 unspecified atom stereocenters. The van der Waals surface area contributed by atoms with Crippen LogP contribution in [-0.2, 0) is 12.0 Å². The molecule has 0 saturated heterocycles. The fourth-order valence-corrected chi connectivity index (χ4v) is 6.82. The minimum atomic E-state index is 0.593. The van der Waals surface area contributed by atoms with Crippen molar-refractivity contribution in [1.29, 1.82) is 0 Å². The Bertz CT molecular complexity index is 452. The number of rotatable bonds is 3. The molecule has 5 rings (SSSR count). The van der Waals surface area contributed by atoms with E-state index in [9.17, 15) is 0 Å². The van der Waals surface area contributed by atoms with Crippen LogP contribution in [0.3, 0.4) is 0 Å². The van der Waals surface area contributed by atoms with E-state index in [1.54, 1.807) is 34.6 Å². The lowest BCUT2D eigenvalue weighted by Crippen LogP contribution is -2.48. The average molecular weight is 275 g/mol. The van der Waals surface area contributed by atoms with Crippen molar-refractivity contribution in [3.05, 3.63) is 21.4 Å². The van der Waals surface area contributed by atoms with Crippen LogP contribution in [0.1, 0.15) is 53.8 Å². The second-order valence-corrected chi connectivity index (χ2v) is 8.68. The Balaban J connectivity index is 1.69. The average Bonchev–Trinajstić information content (AvgIpc) is 2.70. The topological polar surface area (TPSA) is 12.0 Å². The molecule has 0 spiro atoms. The molecule has 0 atom stereocenters. The standard InChI is InChI=1S/C17H25NS/c1-11-15(10-18-2)6-16(19-11)17-7-12-3-13(8-17)5-14(4-12)9-17/h6,12-14,18H,3-5,7-10H2,1-2H3. The molecule has 1 N–H and O–H groups in total. The number of hydrogen-bond donors (Lipinski definition) is 1. The second kappa shape index (κ2) is 4.33. The van der Waals surface area contributed by atoms with Crippen LogP contribution in [0.15, 0.2) is 6.07 Å². The van der Waals surface area contributed by atoms with Crippen LogP contribution in [0.25, 0.3) is 0 Å². The van der Waals surface area contributed by atoms with Gasteiger partial charge in [0.1, 0.15) is 0 Å². The molecule has 4 saturated carbocycles. The zero-order valence-electron chi connectivity index (χ0n) is 12.2. The molecule has 1 aromatic heterocycles. The highest BCUT2D eigenvalue weighted by atomic mass is 32.1. The van der Waals surface area contributed by atoms with Gasteiger partial charge in [0.25, 0.3) is 0 Å². The Morgan fingerprint density at radius 1 is 1.16 bits per heavy atom. The van der Waals surface area contributed by atoms with Crippen molar-refractivity contribution >= 4 is 11.3 Å². The molecule has 19 heavy (non-hydrogen) atoms. The van der Waals surface area contributed by atoms with E-state index in [2.05, 4.69) is 36.7 Å². The van der Waals surface area contributed by atoms with Crippen LogP contribution in [0.4, 0.5) is 0 Å². The molecule has 4 aliphatic carbocycles. The predicted molar refractivity (Wildman–Crippen MR) is 81.7 cm³/mol. The van der Waals surface area contributed by atoms with Gasteiger partial charge >= 0.3 is 0 Å². The van der Waals surface area contributed by atoms with Gasteiger partial charge in [-0.25, -0.2) is 0 Å². The van der Waals surface area contributed by atoms with Crippen molar-refractivity contribution in [3.8, 4) is 0 Å². The first-order valence-corrected chi connectivity index (χ1v) is 8.74. The maximum atomic E-state index is 3.32. The van der Waals surface area contributed by atoms with E-state index >= 15 is 0 Å². The number of hydrogen-bond acceptors (Lipinski definition) is 2. The first-order chi connectivity index (χ1) is 9.18. The monoisotopic (exact) mass is 275 g/mol. The normalized spacial score (nSPS) is 40.0. The fourth-order valence-electron chi connectivity index (χ4n) is 5.56. The van der Waals surface area contributed by atoms with Crippen molar-refractivity contribution < 1.29 is 0 Å². The van der Waals surface area contributed by atoms with Crippen LogP contribution in [0.5, 0.6) is 0 Å². The van der Waals surface area contributed by atoms with Crippen LogP contribution in [0, 0.1) is 24.7 Å². The van der Waals surface area contributed by atoms with Gasteiger partial charge in [-0.05, 0) is 81.9 Å². The summed E-state index contributed by atoms with van der Waals surface area (Å²) < 4.78 is 0. The fraction of sp³-hybridized carbons (Fsp3) is 0.765. The molecule has 2 heteroatoms. The molecule has 1 nitrogen and oxygen atoms in total. The molecule has 0 aliphatic heterocycles. The second-order valence-electron chi connectivity index (χ2n) is 7.42. The third kappa shape index (κ3) is 1.91. The minimum Gasteiger partial charge on any atom is -0.316 e. The molecular weight excluding hydrogens is 250 g/mol. The smallest absolute Gasteiger partial charge is 0.0213 e. The lowest BCUT2D eigenvalue weighted by Gasteiger charge is -2.56. The van der Waals surface area contributed by atoms with Crippen molar-refractivity contribution in [2.24, 2.45) is 17.8 Å². The molecule has 0 radical (unpaired) electrons. The van der Waals surface area contributed by atoms with Crippen LogP contribution < -0.4 is 5.32 Å². The Morgan fingerprint density at radius 3 is 2.26 bits per heavy atom. The molecule has 1 heterocycles. The van der Waals surface area contributed by atoms with Crippen molar-refractivity contribution in [2.75, 3.05) is 7.05 Å². The van der Waals surface area contributed by atoms with Gasteiger partial charge in [0.05, 0.1) is 0 Å². The predicted octanol–water partition coefficient (Wildman–Crippen LogP) is 4.24. The van der Waals surface area contributed by atoms with E-state index in [1.165, 1.54) is 19.3 Å². The highest BCUT2D eigenvalue weighted by Crippen LogP contribution is 2.61. The SMILES string of the molecule is CNCc1cc(C23CC4CC(CC(C4)C2)C3)sc1C. The van der Waals surface area contributed by atoms with E-state index in [0.717, 1.165) is 24.3 Å². The summed E-state index contributed by atoms with van der Waals surface area (Å²) in [4.78, 5) is 3.27. The first kappa shape index (κ1) is 12.4. The van der Waals surface area contributed by atoms with Gasteiger partial charge in [0.2, 0.25) is 0 Å². The Morgan fingerprint density at radius 2 is 1.74 bits per heavy atom. The van der Waals surface area contributed by atoms with Crippen molar-refractivity contribution in [2.45, 2.75) is 57.4 Å². The molecule has 0 amide bonds. The Kier molecular flexibility index (Phi) is 2.82. The zero-order valence-corrected chi connectivity index (χ0v) is 13.0.